The smallest absolute Gasteiger partial charge is 0.315 e. The molecular formula is C14H22N2O2. The first-order valence-corrected chi connectivity index (χ1v) is 6.21. The van der Waals surface area contributed by atoms with E-state index < -0.39 is 0 Å². The third-order valence-corrected chi connectivity index (χ3v) is 2.53. The lowest BCUT2D eigenvalue weighted by Crippen LogP contribution is -2.37. The molecule has 2 amide bonds. The van der Waals surface area contributed by atoms with Gasteiger partial charge in [0.15, 0.2) is 0 Å². The maximum Gasteiger partial charge on any atom is 0.315 e. The number of rotatable bonds is 6. The Hall–Kier alpha value is -1.55. The highest BCUT2D eigenvalue weighted by molar-refractivity contribution is 5.73. The van der Waals surface area contributed by atoms with Crippen molar-refractivity contribution in [1.29, 1.82) is 0 Å². The number of nitrogens with one attached hydrogen (secondary N) is 2. The van der Waals surface area contributed by atoms with Crippen molar-refractivity contribution in [3.63, 3.8) is 0 Å². The number of methoxy groups -OCH3 is 1. The van der Waals surface area contributed by atoms with Gasteiger partial charge in [-0.2, -0.15) is 0 Å². The average Bonchev–Trinajstić information content (AvgIpc) is 2.35. The third kappa shape index (κ3) is 5.19. The van der Waals surface area contributed by atoms with Crippen molar-refractivity contribution in [1.82, 2.24) is 10.6 Å². The highest BCUT2D eigenvalue weighted by Crippen LogP contribution is 2.09. The van der Waals surface area contributed by atoms with Gasteiger partial charge < -0.3 is 15.4 Å². The van der Waals surface area contributed by atoms with Crippen molar-refractivity contribution in [2.24, 2.45) is 5.92 Å². The first-order chi connectivity index (χ1) is 8.63. The molecule has 0 aliphatic carbocycles. The molecule has 4 nitrogen and oxygen atoms in total. The Morgan fingerprint density at radius 3 is 2.50 bits per heavy atom. The molecule has 1 rings (SSSR count). The first kappa shape index (κ1) is 14.5. The van der Waals surface area contributed by atoms with Gasteiger partial charge in [-0.1, -0.05) is 38.1 Å². The molecule has 2 N–H and O–H groups in total. The summed E-state index contributed by atoms with van der Waals surface area (Å²) in [5.74, 6) is 0.455. The normalized spacial score (nSPS) is 10.4. The third-order valence-electron chi connectivity index (χ3n) is 2.53. The number of ether oxygens (including phenoxy) is 1. The van der Waals surface area contributed by atoms with Crippen molar-refractivity contribution in [3.05, 3.63) is 35.4 Å². The Labute approximate surface area is 109 Å². The van der Waals surface area contributed by atoms with Crippen LogP contribution in [0.1, 0.15) is 25.0 Å². The molecule has 0 heterocycles. The van der Waals surface area contributed by atoms with Crippen LogP contribution >= 0.6 is 0 Å². The Morgan fingerprint density at radius 1 is 1.22 bits per heavy atom. The molecule has 4 heteroatoms. The maximum atomic E-state index is 11.5. The summed E-state index contributed by atoms with van der Waals surface area (Å²) in [5, 5.41) is 5.67. The highest BCUT2D eigenvalue weighted by Gasteiger charge is 2.04. The number of hydrogen-bond donors (Lipinski definition) is 2. The second-order valence-corrected chi connectivity index (χ2v) is 4.66. The molecule has 0 aliphatic heterocycles. The summed E-state index contributed by atoms with van der Waals surface area (Å²) in [4.78, 5) is 11.5. The second kappa shape index (κ2) is 7.71. The monoisotopic (exact) mass is 250 g/mol. The van der Waals surface area contributed by atoms with Gasteiger partial charge in [0, 0.05) is 20.2 Å². The number of amides is 2. The minimum Gasteiger partial charge on any atom is -0.380 e. The predicted octanol–water partition coefficient (Wildman–Crippen LogP) is 2.29. The minimum atomic E-state index is -0.129. The molecule has 0 fully saturated rings. The van der Waals surface area contributed by atoms with E-state index in [-0.39, 0.29) is 6.03 Å². The topological polar surface area (TPSA) is 50.4 Å². The van der Waals surface area contributed by atoms with Crippen LogP contribution in [0.4, 0.5) is 4.79 Å². The number of carbonyl (C=O) groups is 1. The Kier molecular flexibility index (Phi) is 6.22. The van der Waals surface area contributed by atoms with Gasteiger partial charge in [-0.15, -0.1) is 0 Å². The SMILES string of the molecule is COCc1ccccc1CNC(=O)NCC(C)C. The zero-order valence-corrected chi connectivity index (χ0v) is 11.3. The summed E-state index contributed by atoms with van der Waals surface area (Å²) < 4.78 is 5.13. The van der Waals surface area contributed by atoms with Gasteiger partial charge in [0.2, 0.25) is 0 Å². The number of urea groups is 1. The van der Waals surface area contributed by atoms with E-state index in [1.54, 1.807) is 7.11 Å². The molecule has 0 saturated heterocycles. The fourth-order valence-corrected chi connectivity index (χ4v) is 1.56. The quantitative estimate of drug-likeness (QED) is 0.814. The van der Waals surface area contributed by atoms with Crippen LogP contribution in [0.2, 0.25) is 0 Å². The van der Waals surface area contributed by atoms with E-state index in [1.807, 2.05) is 24.3 Å². The molecule has 1 aromatic carbocycles. The first-order valence-electron chi connectivity index (χ1n) is 6.21. The number of hydrogen-bond acceptors (Lipinski definition) is 2. The van der Waals surface area contributed by atoms with Gasteiger partial charge in [0.1, 0.15) is 0 Å². The van der Waals surface area contributed by atoms with Gasteiger partial charge in [0.05, 0.1) is 6.61 Å². The molecule has 0 unspecified atom stereocenters. The number of carbonyl (C=O) groups excluding carboxylic acids is 1. The summed E-state index contributed by atoms with van der Waals surface area (Å²) in [6, 6.07) is 7.80. The lowest BCUT2D eigenvalue weighted by atomic mass is 10.1. The second-order valence-electron chi connectivity index (χ2n) is 4.66. The molecule has 0 saturated carbocycles. The molecule has 0 bridgehead atoms. The molecule has 0 aliphatic rings. The van der Waals surface area contributed by atoms with Crippen LogP contribution in [0.5, 0.6) is 0 Å². The van der Waals surface area contributed by atoms with Crippen LogP contribution in [-0.2, 0) is 17.9 Å². The van der Waals surface area contributed by atoms with Crippen molar-refractivity contribution in [3.8, 4) is 0 Å². The van der Waals surface area contributed by atoms with Crippen LogP contribution in [0.3, 0.4) is 0 Å². The van der Waals surface area contributed by atoms with E-state index >= 15 is 0 Å². The van der Waals surface area contributed by atoms with Crippen molar-refractivity contribution >= 4 is 6.03 Å². The summed E-state index contributed by atoms with van der Waals surface area (Å²) >= 11 is 0. The summed E-state index contributed by atoms with van der Waals surface area (Å²) in [7, 11) is 1.67. The fraction of sp³-hybridized carbons (Fsp3) is 0.500. The lowest BCUT2D eigenvalue weighted by Gasteiger charge is -2.12. The number of benzene rings is 1. The molecule has 100 valence electrons. The Bertz CT molecular complexity index is 378. The van der Waals surface area contributed by atoms with E-state index in [2.05, 4.69) is 24.5 Å². The van der Waals surface area contributed by atoms with Crippen molar-refractivity contribution in [2.75, 3.05) is 13.7 Å². The summed E-state index contributed by atoms with van der Waals surface area (Å²) in [5.41, 5.74) is 2.18. The Balaban J connectivity index is 2.45. The predicted molar refractivity (Wildman–Crippen MR) is 72.2 cm³/mol. The molecule has 0 atom stereocenters. The van der Waals surface area contributed by atoms with Gasteiger partial charge in [-0.3, -0.25) is 0 Å². The molecular weight excluding hydrogens is 228 g/mol. The zero-order valence-electron chi connectivity index (χ0n) is 11.3. The molecule has 18 heavy (non-hydrogen) atoms. The van der Waals surface area contributed by atoms with Gasteiger partial charge in [0.25, 0.3) is 0 Å². The maximum absolute atomic E-state index is 11.5. The molecule has 0 spiro atoms. The van der Waals surface area contributed by atoms with E-state index in [4.69, 9.17) is 4.74 Å². The van der Waals surface area contributed by atoms with Crippen molar-refractivity contribution < 1.29 is 9.53 Å². The van der Waals surface area contributed by atoms with Crippen LogP contribution < -0.4 is 10.6 Å². The van der Waals surface area contributed by atoms with Gasteiger partial charge in [-0.05, 0) is 17.0 Å². The Morgan fingerprint density at radius 2 is 1.89 bits per heavy atom. The molecule has 0 radical (unpaired) electrons. The van der Waals surface area contributed by atoms with Gasteiger partial charge >= 0.3 is 6.03 Å². The minimum absolute atomic E-state index is 0.129. The average molecular weight is 250 g/mol. The van der Waals surface area contributed by atoms with Crippen LogP contribution in [-0.4, -0.2) is 19.7 Å². The van der Waals surface area contributed by atoms with E-state index in [0.29, 0.717) is 25.6 Å². The molecule has 1 aromatic rings. The standard InChI is InChI=1S/C14H22N2O2/c1-11(2)8-15-14(17)16-9-12-6-4-5-7-13(12)10-18-3/h4-7,11H,8-10H2,1-3H3,(H2,15,16,17). The van der Waals surface area contributed by atoms with Gasteiger partial charge in [-0.25, -0.2) is 4.79 Å². The van der Waals surface area contributed by atoms with Crippen LogP contribution in [0.25, 0.3) is 0 Å². The van der Waals surface area contributed by atoms with Crippen LogP contribution in [0.15, 0.2) is 24.3 Å². The van der Waals surface area contributed by atoms with Crippen molar-refractivity contribution in [2.45, 2.75) is 27.0 Å². The van der Waals surface area contributed by atoms with E-state index in [9.17, 15) is 4.79 Å². The lowest BCUT2D eigenvalue weighted by molar-refractivity contribution is 0.184. The summed E-state index contributed by atoms with van der Waals surface area (Å²) in [6.45, 7) is 5.89. The fourth-order valence-electron chi connectivity index (χ4n) is 1.56. The highest BCUT2D eigenvalue weighted by atomic mass is 16.5. The summed E-state index contributed by atoms with van der Waals surface area (Å²) in [6.07, 6.45) is 0. The van der Waals surface area contributed by atoms with E-state index in [0.717, 1.165) is 11.1 Å². The molecule has 0 aromatic heterocycles. The largest absolute Gasteiger partial charge is 0.380 e. The van der Waals surface area contributed by atoms with E-state index in [1.165, 1.54) is 0 Å². The van der Waals surface area contributed by atoms with Crippen LogP contribution in [0, 0.1) is 5.92 Å². The zero-order chi connectivity index (χ0) is 13.4.